The van der Waals surface area contributed by atoms with Crippen molar-refractivity contribution in [2.24, 2.45) is 0 Å². The van der Waals surface area contributed by atoms with E-state index in [-0.39, 0.29) is 5.91 Å². The summed E-state index contributed by atoms with van der Waals surface area (Å²) in [5.74, 6) is -0.532. The minimum absolute atomic E-state index is 0.0458. The predicted molar refractivity (Wildman–Crippen MR) is 88.6 cm³/mol. The summed E-state index contributed by atoms with van der Waals surface area (Å²) in [6.45, 7) is 3.07. The maximum atomic E-state index is 12.9. The quantitative estimate of drug-likeness (QED) is 0.727. The lowest BCUT2D eigenvalue weighted by Crippen LogP contribution is -2.40. The monoisotopic (exact) mass is 328 g/mol. The highest BCUT2D eigenvalue weighted by atomic mass is 32.1. The van der Waals surface area contributed by atoms with E-state index in [2.05, 4.69) is 11.4 Å². The van der Waals surface area contributed by atoms with Gasteiger partial charge in [0.2, 0.25) is 5.91 Å². The van der Waals surface area contributed by atoms with Crippen LogP contribution in [0, 0.1) is 0 Å². The average molecular weight is 328 g/mol. The molecule has 118 valence electrons. The lowest BCUT2D eigenvalue weighted by atomic mass is 10.1. The van der Waals surface area contributed by atoms with Crippen LogP contribution in [0.1, 0.15) is 23.4 Å². The zero-order chi connectivity index (χ0) is 16.0. The topological polar surface area (TPSA) is 55.5 Å². The van der Waals surface area contributed by atoms with E-state index < -0.39 is 11.8 Å². The largest absolute Gasteiger partial charge is 0.420 e. The standard InChI is InChI=1S/C17H16N2O3S/c1-11(19-13-4-2-3-5-14(13)22-17(19)21)16(20)18-8-6-15-12(10-18)7-9-23-15/h2-5,7,9,11H,6,8,10H2,1H3/t11-/m1/s1. The Morgan fingerprint density at radius 1 is 1.30 bits per heavy atom. The van der Waals surface area contributed by atoms with Crippen molar-refractivity contribution in [2.45, 2.75) is 25.9 Å². The van der Waals surface area contributed by atoms with E-state index in [0.717, 1.165) is 6.42 Å². The fraction of sp³-hybridized carbons (Fsp3) is 0.294. The fourth-order valence-corrected chi connectivity index (χ4v) is 4.05. The van der Waals surface area contributed by atoms with E-state index in [1.165, 1.54) is 15.0 Å². The molecule has 1 aliphatic heterocycles. The molecule has 1 aliphatic rings. The van der Waals surface area contributed by atoms with Crippen LogP contribution in [0.4, 0.5) is 0 Å². The molecule has 3 aromatic rings. The van der Waals surface area contributed by atoms with E-state index in [9.17, 15) is 9.59 Å². The summed E-state index contributed by atoms with van der Waals surface area (Å²) in [6, 6.07) is 8.68. The van der Waals surface area contributed by atoms with Crippen molar-refractivity contribution in [2.75, 3.05) is 6.54 Å². The van der Waals surface area contributed by atoms with Gasteiger partial charge in [-0.15, -0.1) is 11.3 Å². The molecule has 0 radical (unpaired) electrons. The van der Waals surface area contributed by atoms with E-state index in [1.54, 1.807) is 30.4 Å². The van der Waals surface area contributed by atoms with Crippen molar-refractivity contribution in [3.8, 4) is 0 Å². The molecule has 4 rings (SSSR count). The minimum Gasteiger partial charge on any atom is -0.408 e. The normalized spacial score (nSPS) is 15.6. The van der Waals surface area contributed by atoms with Crippen molar-refractivity contribution < 1.29 is 9.21 Å². The maximum absolute atomic E-state index is 12.9. The second-order valence-corrected chi connectivity index (χ2v) is 6.76. The van der Waals surface area contributed by atoms with Gasteiger partial charge in [0.25, 0.3) is 0 Å². The number of hydrogen-bond acceptors (Lipinski definition) is 4. The SMILES string of the molecule is C[C@H](C(=O)N1CCc2sccc2C1)n1c(=O)oc2ccccc21. The Hall–Kier alpha value is -2.34. The van der Waals surface area contributed by atoms with Gasteiger partial charge in [-0.1, -0.05) is 12.1 Å². The number of amides is 1. The first-order valence-electron chi connectivity index (χ1n) is 7.59. The van der Waals surface area contributed by atoms with Gasteiger partial charge in [0.05, 0.1) is 5.52 Å². The molecule has 1 amide bonds. The molecular formula is C17H16N2O3S. The Bertz CT molecular complexity index is 937. The molecule has 0 fully saturated rings. The number of carbonyl (C=O) groups excluding carboxylic acids is 1. The Labute approximate surface area is 136 Å². The van der Waals surface area contributed by atoms with Crippen LogP contribution < -0.4 is 5.76 Å². The number of hydrogen-bond donors (Lipinski definition) is 0. The number of oxazole rings is 1. The number of benzene rings is 1. The van der Waals surface area contributed by atoms with Crippen LogP contribution in [0.3, 0.4) is 0 Å². The number of aromatic nitrogens is 1. The first-order valence-corrected chi connectivity index (χ1v) is 8.47. The predicted octanol–water partition coefficient (Wildman–Crippen LogP) is 2.80. The van der Waals surface area contributed by atoms with Crippen LogP contribution in [-0.2, 0) is 17.8 Å². The summed E-state index contributed by atoms with van der Waals surface area (Å²) in [5, 5.41) is 2.07. The summed E-state index contributed by atoms with van der Waals surface area (Å²) in [7, 11) is 0. The molecule has 0 unspecified atom stereocenters. The first-order chi connectivity index (χ1) is 11.1. The summed E-state index contributed by atoms with van der Waals surface area (Å²) in [5.41, 5.74) is 2.38. The van der Waals surface area contributed by atoms with Crippen molar-refractivity contribution in [1.29, 1.82) is 0 Å². The molecule has 0 saturated carbocycles. The Kier molecular flexibility index (Phi) is 3.34. The van der Waals surface area contributed by atoms with Gasteiger partial charge in [-0.3, -0.25) is 9.36 Å². The molecule has 0 bridgehead atoms. The molecule has 5 nitrogen and oxygen atoms in total. The third-order valence-corrected chi connectivity index (χ3v) is 5.41. The van der Waals surface area contributed by atoms with Gasteiger partial charge in [-0.25, -0.2) is 4.79 Å². The average Bonchev–Trinajstić information content (AvgIpc) is 3.15. The molecule has 0 N–H and O–H groups in total. The van der Waals surface area contributed by atoms with E-state index in [0.29, 0.717) is 24.2 Å². The zero-order valence-electron chi connectivity index (χ0n) is 12.7. The van der Waals surface area contributed by atoms with Gasteiger partial charge in [0, 0.05) is 18.0 Å². The number of fused-ring (bicyclic) bond motifs is 2. The Morgan fingerprint density at radius 2 is 2.13 bits per heavy atom. The maximum Gasteiger partial charge on any atom is 0.420 e. The van der Waals surface area contributed by atoms with E-state index in [1.807, 2.05) is 17.0 Å². The summed E-state index contributed by atoms with van der Waals surface area (Å²) in [4.78, 5) is 28.2. The van der Waals surface area contributed by atoms with E-state index >= 15 is 0 Å². The van der Waals surface area contributed by atoms with Gasteiger partial charge in [0.1, 0.15) is 6.04 Å². The smallest absolute Gasteiger partial charge is 0.408 e. The molecule has 6 heteroatoms. The van der Waals surface area contributed by atoms with Crippen molar-refractivity contribution in [1.82, 2.24) is 9.47 Å². The third kappa shape index (κ3) is 2.30. The molecule has 0 spiro atoms. The van der Waals surface area contributed by atoms with Crippen LogP contribution in [0.2, 0.25) is 0 Å². The van der Waals surface area contributed by atoms with Gasteiger partial charge in [-0.05, 0) is 42.5 Å². The number of thiophene rings is 1. The Balaban J connectivity index is 1.66. The summed E-state index contributed by atoms with van der Waals surface area (Å²) < 4.78 is 6.69. The molecule has 23 heavy (non-hydrogen) atoms. The Morgan fingerprint density at radius 3 is 3.00 bits per heavy atom. The molecule has 1 aromatic carbocycles. The molecular weight excluding hydrogens is 312 g/mol. The van der Waals surface area contributed by atoms with Crippen LogP contribution in [0.15, 0.2) is 44.9 Å². The zero-order valence-corrected chi connectivity index (χ0v) is 13.5. The second kappa shape index (κ2) is 5.38. The number of carbonyl (C=O) groups is 1. The van der Waals surface area contributed by atoms with Gasteiger partial charge in [0.15, 0.2) is 5.58 Å². The van der Waals surface area contributed by atoms with Crippen LogP contribution >= 0.6 is 11.3 Å². The fourth-order valence-electron chi connectivity index (χ4n) is 3.16. The molecule has 0 saturated heterocycles. The van der Waals surface area contributed by atoms with Gasteiger partial charge >= 0.3 is 5.76 Å². The summed E-state index contributed by atoms with van der Waals surface area (Å²) >= 11 is 1.74. The second-order valence-electron chi connectivity index (χ2n) is 5.76. The highest BCUT2D eigenvalue weighted by molar-refractivity contribution is 7.10. The highest BCUT2D eigenvalue weighted by Crippen LogP contribution is 2.26. The van der Waals surface area contributed by atoms with Crippen molar-refractivity contribution in [3.63, 3.8) is 0 Å². The van der Waals surface area contributed by atoms with Crippen LogP contribution in [0.5, 0.6) is 0 Å². The van der Waals surface area contributed by atoms with Gasteiger partial charge < -0.3 is 9.32 Å². The van der Waals surface area contributed by atoms with Crippen LogP contribution in [0.25, 0.3) is 11.1 Å². The molecule has 1 atom stereocenters. The lowest BCUT2D eigenvalue weighted by molar-refractivity contribution is -0.135. The minimum atomic E-state index is -0.577. The third-order valence-electron chi connectivity index (χ3n) is 4.38. The summed E-state index contributed by atoms with van der Waals surface area (Å²) in [6.07, 6.45) is 0.881. The van der Waals surface area contributed by atoms with Crippen molar-refractivity contribution >= 4 is 28.3 Å². The first kappa shape index (κ1) is 14.3. The molecule has 3 heterocycles. The van der Waals surface area contributed by atoms with E-state index in [4.69, 9.17) is 4.42 Å². The number of nitrogens with zero attached hydrogens (tertiary/aromatic N) is 2. The lowest BCUT2D eigenvalue weighted by Gasteiger charge is -2.29. The number of para-hydroxylation sites is 2. The molecule has 0 aliphatic carbocycles. The molecule has 2 aromatic heterocycles. The highest BCUT2D eigenvalue weighted by Gasteiger charge is 2.28. The number of rotatable bonds is 2. The van der Waals surface area contributed by atoms with Crippen LogP contribution in [-0.4, -0.2) is 21.9 Å². The van der Waals surface area contributed by atoms with Gasteiger partial charge in [-0.2, -0.15) is 0 Å². The van der Waals surface area contributed by atoms with Crippen molar-refractivity contribution in [3.05, 3.63) is 56.7 Å².